The molecule has 0 unspecified atom stereocenters. The Hall–Kier alpha value is -2.64. The standard InChI is InChI=1S/C14H13ClF7N7/c1-4(13(17,18)19)24-11-27-10(7-3-6(16)8(23)9(15)26-7)28-12(29-11)25-5(2)14(20,21)22/h3-5H,23H2,1-2H3,(H2,24,25,27,28,29)/t4-,5-/m1/s1. The van der Waals surface area contributed by atoms with Gasteiger partial charge in [-0.15, -0.1) is 0 Å². The first-order chi connectivity index (χ1) is 13.2. The second kappa shape index (κ2) is 8.00. The van der Waals surface area contributed by atoms with Gasteiger partial charge in [0.05, 0.1) is 0 Å². The van der Waals surface area contributed by atoms with E-state index in [-0.39, 0.29) is 5.69 Å². The fraction of sp³-hybridized carbons (Fsp3) is 0.429. The zero-order valence-corrected chi connectivity index (χ0v) is 15.4. The lowest BCUT2D eigenvalue weighted by atomic mass is 10.3. The second-order valence-electron chi connectivity index (χ2n) is 5.82. The number of pyridine rings is 1. The Balaban J connectivity index is 2.52. The molecule has 0 saturated carbocycles. The topological polar surface area (TPSA) is 102 Å². The molecule has 0 aliphatic rings. The molecule has 160 valence electrons. The van der Waals surface area contributed by atoms with Crippen LogP contribution in [0.3, 0.4) is 0 Å². The van der Waals surface area contributed by atoms with Crippen molar-refractivity contribution in [3.8, 4) is 11.5 Å². The number of nitrogen functional groups attached to an aromatic ring is 1. The number of aromatic nitrogens is 4. The summed E-state index contributed by atoms with van der Waals surface area (Å²) in [6.45, 7) is 1.49. The number of alkyl halides is 6. The molecule has 0 fully saturated rings. The highest BCUT2D eigenvalue weighted by molar-refractivity contribution is 6.31. The third-order valence-corrected chi connectivity index (χ3v) is 3.79. The van der Waals surface area contributed by atoms with Crippen molar-refractivity contribution in [1.82, 2.24) is 19.9 Å². The highest BCUT2D eigenvalue weighted by Gasteiger charge is 2.38. The van der Waals surface area contributed by atoms with Gasteiger partial charge in [-0.25, -0.2) is 9.37 Å². The van der Waals surface area contributed by atoms with Gasteiger partial charge in [0.2, 0.25) is 11.9 Å². The van der Waals surface area contributed by atoms with Crippen molar-refractivity contribution in [3.63, 3.8) is 0 Å². The first-order valence-corrected chi connectivity index (χ1v) is 8.10. The lowest BCUT2D eigenvalue weighted by Gasteiger charge is -2.20. The summed E-state index contributed by atoms with van der Waals surface area (Å²) in [6, 6.07) is -3.57. The lowest BCUT2D eigenvalue weighted by Crippen LogP contribution is -2.35. The lowest BCUT2D eigenvalue weighted by molar-refractivity contribution is -0.139. The maximum Gasteiger partial charge on any atom is 0.408 e. The summed E-state index contributed by atoms with van der Waals surface area (Å²) < 4.78 is 90.5. The average Bonchev–Trinajstić information content (AvgIpc) is 2.57. The van der Waals surface area contributed by atoms with E-state index in [1.54, 1.807) is 0 Å². The predicted octanol–water partition coefficient (Wildman–Crippen LogP) is 4.03. The second-order valence-corrected chi connectivity index (χ2v) is 6.17. The molecule has 0 saturated heterocycles. The number of nitrogens with zero attached hydrogens (tertiary/aromatic N) is 4. The minimum Gasteiger partial charge on any atom is -0.394 e. The van der Waals surface area contributed by atoms with Crippen molar-refractivity contribution < 1.29 is 30.7 Å². The molecule has 0 bridgehead atoms. The van der Waals surface area contributed by atoms with Gasteiger partial charge in [0.1, 0.15) is 23.5 Å². The molecule has 0 aliphatic carbocycles. The largest absolute Gasteiger partial charge is 0.408 e. The Morgan fingerprint density at radius 2 is 1.34 bits per heavy atom. The van der Waals surface area contributed by atoms with Crippen molar-refractivity contribution >= 4 is 29.2 Å². The average molecular weight is 448 g/mol. The van der Waals surface area contributed by atoms with Gasteiger partial charge in [-0.2, -0.15) is 41.3 Å². The van der Waals surface area contributed by atoms with E-state index in [1.165, 1.54) is 0 Å². The quantitative estimate of drug-likeness (QED) is 0.470. The van der Waals surface area contributed by atoms with Crippen LogP contribution in [-0.2, 0) is 0 Å². The molecule has 2 aromatic heterocycles. The van der Waals surface area contributed by atoms with Gasteiger partial charge in [0, 0.05) is 6.07 Å². The van der Waals surface area contributed by atoms with Gasteiger partial charge in [-0.1, -0.05) is 11.6 Å². The molecule has 0 radical (unpaired) electrons. The number of nitrogens with one attached hydrogen (secondary N) is 2. The van der Waals surface area contributed by atoms with E-state index in [0.29, 0.717) is 0 Å². The number of hydrogen-bond donors (Lipinski definition) is 3. The molecular weight excluding hydrogens is 435 g/mol. The number of halogens is 8. The molecule has 2 atom stereocenters. The van der Waals surface area contributed by atoms with Gasteiger partial charge in [0.25, 0.3) is 0 Å². The molecule has 2 aromatic rings. The van der Waals surface area contributed by atoms with E-state index < -0.39 is 58.8 Å². The third kappa shape index (κ3) is 5.68. The summed E-state index contributed by atoms with van der Waals surface area (Å²) in [7, 11) is 0. The van der Waals surface area contributed by atoms with Crippen LogP contribution >= 0.6 is 11.6 Å². The van der Waals surface area contributed by atoms with E-state index in [1.807, 2.05) is 10.6 Å². The van der Waals surface area contributed by atoms with E-state index in [0.717, 1.165) is 19.9 Å². The molecule has 7 nitrogen and oxygen atoms in total. The van der Waals surface area contributed by atoms with Crippen molar-refractivity contribution in [2.75, 3.05) is 16.4 Å². The minimum absolute atomic E-state index is 0.380. The van der Waals surface area contributed by atoms with Crippen LogP contribution in [-0.4, -0.2) is 44.4 Å². The van der Waals surface area contributed by atoms with Crippen molar-refractivity contribution in [2.45, 2.75) is 38.3 Å². The van der Waals surface area contributed by atoms with Crippen molar-refractivity contribution in [3.05, 3.63) is 17.0 Å². The van der Waals surface area contributed by atoms with E-state index in [9.17, 15) is 30.7 Å². The molecule has 0 amide bonds. The maximum absolute atomic E-state index is 13.8. The molecule has 0 aliphatic heterocycles. The van der Waals surface area contributed by atoms with Crippen LogP contribution in [0.2, 0.25) is 5.15 Å². The Kier molecular flexibility index (Phi) is 6.25. The maximum atomic E-state index is 13.8. The number of rotatable bonds is 5. The summed E-state index contributed by atoms with van der Waals surface area (Å²) in [5.74, 6) is -3.00. The van der Waals surface area contributed by atoms with E-state index >= 15 is 0 Å². The molecule has 15 heteroatoms. The van der Waals surface area contributed by atoms with Gasteiger partial charge < -0.3 is 16.4 Å². The first kappa shape index (κ1) is 22.6. The Bertz CT molecular complexity index is 824. The summed E-state index contributed by atoms with van der Waals surface area (Å²) in [4.78, 5) is 14.5. The van der Waals surface area contributed by atoms with Crippen LogP contribution in [0.25, 0.3) is 11.5 Å². The third-order valence-electron chi connectivity index (χ3n) is 3.50. The predicted molar refractivity (Wildman–Crippen MR) is 90.7 cm³/mol. The van der Waals surface area contributed by atoms with E-state index in [2.05, 4.69) is 19.9 Å². The van der Waals surface area contributed by atoms with Crippen LogP contribution in [0.5, 0.6) is 0 Å². The van der Waals surface area contributed by atoms with Gasteiger partial charge >= 0.3 is 12.4 Å². The van der Waals surface area contributed by atoms with E-state index in [4.69, 9.17) is 17.3 Å². The molecule has 0 aromatic carbocycles. The first-order valence-electron chi connectivity index (χ1n) is 7.73. The molecule has 29 heavy (non-hydrogen) atoms. The van der Waals surface area contributed by atoms with Crippen LogP contribution < -0.4 is 16.4 Å². The van der Waals surface area contributed by atoms with Crippen molar-refractivity contribution in [2.24, 2.45) is 0 Å². The van der Waals surface area contributed by atoms with Crippen LogP contribution in [0.4, 0.5) is 48.3 Å². The minimum atomic E-state index is -4.70. The SMILES string of the molecule is C[C@@H](Nc1nc(N[C@H](C)C(F)(F)F)nc(-c2cc(F)c(N)c(Cl)n2)n1)C(F)(F)F. The number of anilines is 3. The fourth-order valence-corrected chi connectivity index (χ4v) is 1.96. The summed E-state index contributed by atoms with van der Waals surface area (Å²) in [5, 5.41) is 3.31. The smallest absolute Gasteiger partial charge is 0.394 e. The summed E-state index contributed by atoms with van der Waals surface area (Å²) in [5.41, 5.74) is 4.44. The Morgan fingerprint density at radius 1 is 0.897 bits per heavy atom. The van der Waals surface area contributed by atoms with Crippen molar-refractivity contribution in [1.29, 1.82) is 0 Å². The normalized spacial score (nSPS) is 14.4. The molecule has 2 rings (SSSR count). The highest BCUT2D eigenvalue weighted by Crippen LogP contribution is 2.28. The zero-order valence-electron chi connectivity index (χ0n) is 14.6. The number of nitrogens with two attached hydrogens (primary N) is 1. The molecule has 4 N–H and O–H groups in total. The fourth-order valence-electron chi connectivity index (χ4n) is 1.78. The van der Waals surface area contributed by atoms with Gasteiger partial charge in [-0.05, 0) is 13.8 Å². The molecule has 2 heterocycles. The van der Waals surface area contributed by atoms with Crippen LogP contribution in [0.1, 0.15) is 13.8 Å². The van der Waals surface area contributed by atoms with Gasteiger partial charge in [-0.3, -0.25) is 0 Å². The molecule has 0 spiro atoms. The monoisotopic (exact) mass is 447 g/mol. The highest BCUT2D eigenvalue weighted by atomic mass is 35.5. The van der Waals surface area contributed by atoms with Crippen LogP contribution in [0, 0.1) is 5.82 Å². The summed E-state index contributed by atoms with van der Waals surface area (Å²) in [6.07, 6.45) is -9.40. The van der Waals surface area contributed by atoms with Gasteiger partial charge in [0.15, 0.2) is 16.8 Å². The van der Waals surface area contributed by atoms with Crippen LogP contribution in [0.15, 0.2) is 6.07 Å². The number of hydrogen-bond acceptors (Lipinski definition) is 7. The zero-order chi connectivity index (χ0) is 22.1. The Morgan fingerprint density at radius 3 is 1.72 bits per heavy atom. The Labute approximate surface area is 163 Å². The molecular formula is C14H13ClF7N7. The summed E-state index contributed by atoms with van der Waals surface area (Å²) >= 11 is 5.66.